The number of hydrogen-bond acceptors (Lipinski definition) is 4. The molecule has 0 bridgehead atoms. The minimum Gasteiger partial charge on any atom is -0.480 e. The van der Waals surface area contributed by atoms with E-state index < -0.39 is 35.4 Å². The molecule has 0 aromatic heterocycles. The topological polar surface area (TPSA) is 92.7 Å². The van der Waals surface area contributed by atoms with Crippen molar-refractivity contribution in [2.75, 3.05) is 0 Å². The number of ether oxygens (including phenoxy) is 1. The number of carbonyl (C=O) groups excluding carboxylic acids is 2. The summed E-state index contributed by atoms with van der Waals surface area (Å²) in [5, 5.41) is 12.0. The first-order valence-corrected chi connectivity index (χ1v) is 9.77. The van der Waals surface area contributed by atoms with E-state index in [0.717, 1.165) is 5.56 Å². The Labute approximate surface area is 167 Å². The number of amides is 1. The monoisotopic (exact) mass is 391 g/mol. The largest absolute Gasteiger partial charge is 0.480 e. The molecular weight excluding hydrogens is 358 g/mol. The summed E-state index contributed by atoms with van der Waals surface area (Å²) in [5.74, 6) is -2.48. The summed E-state index contributed by atoms with van der Waals surface area (Å²) in [5.41, 5.74) is 0.417. The number of rotatable bonds is 10. The highest BCUT2D eigenvalue weighted by atomic mass is 16.6. The Balaban J connectivity index is 2.85. The van der Waals surface area contributed by atoms with Gasteiger partial charge in [-0.3, -0.25) is 9.59 Å². The van der Waals surface area contributed by atoms with Crippen molar-refractivity contribution < 1.29 is 24.2 Å². The van der Waals surface area contributed by atoms with Crippen LogP contribution in [0.1, 0.15) is 59.4 Å². The van der Waals surface area contributed by atoms with Gasteiger partial charge in [-0.15, -0.1) is 0 Å². The molecule has 156 valence electrons. The van der Waals surface area contributed by atoms with Crippen LogP contribution in [0.2, 0.25) is 0 Å². The van der Waals surface area contributed by atoms with Gasteiger partial charge in [0.25, 0.3) is 0 Å². The Morgan fingerprint density at radius 2 is 1.71 bits per heavy atom. The first-order valence-electron chi connectivity index (χ1n) is 9.77. The SMILES string of the molecule is CC(C)C[C@H](NC(=O)C(CCc1ccccc1)CC(=O)OC(C)(C)C)C(=O)O. The van der Waals surface area contributed by atoms with Crippen LogP contribution in [0.5, 0.6) is 0 Å². The Hall–Kier alpha value is -2.37. The molecule has 0 saturated carbocycles. The highest BCUT2D eigenvalue weighted by molar-refractivity contribution is 5.87. The van der Waals surface area contributed by atoms with Gasteiger partial charge in [-0.05, 0) is 51.5 Å². The molecule has 0 radical (unpaired) electrons. The minimum absolute atomic E-state index is 0.0794. The van der Waals surface area contributed by atoms with Gasteiger partial charge < -0.3 is 15.2 Å². The number of carbonyl (C=O) groups is 3. The second kappa shape index (κ2) is 10.8. The molecule has 1 aromatic rings. The van der Waals surface area contributed by atoms with Crippen molar-refractivity contribution in [2.45, 2.75) is 71.9 Å². The fourth-order valence-corrected chi connectivity index (χ4v) is 2.88. The Kier molecular flexibility index (Phi) is 9.16. The van der Waals surface area contributed by atoms with Crippen molar-refractivity contribution in [1.82, 2.24) is 5.32 Å². The van der Waals surface area contributed by atoms with Crippen LogP contribution in [0.15, 0.2) is 30.3 Å². The fourth-order valence-electron chi connectivity index (χ4n) is 2.88. The molecule has 0 spiro atoms. The van der Waals surface area contributed by atoms with E-state index in [2.05, 4.69) is 5.32 Å². The van der Waals surface area contributed by atoms with Crippen LogP contribution in [0, 0.1) is 11.8 Å². The molecule has 6 nitrogen and oxygen atoms in total. The van der Waals surface area contributed by atoms with Gasteiger partial charge in [-0.2, -0.15) is 0 Å². The molecule has 1 aromatic carbocycles. The van der Waals surface area contributed by atoms with Crippen molar-refractivity contribution in [2.24, 2.45) is 11.8 Å². The lowest BCUT2D eigenvalue weighted by molar-refractivity contribution is -0.157. The van der Waals surface area contributed by atoms with E-state index in [1.165, 1.54) is 0 Å². The number of esters is 1. The number of benzene rings is 1. The molecule has 1 unspecified atom stereocenters. The van der Waals surface area contributed by atoms with Gasteiger partial charge in [0.1, 0.15) is 11.6 Å². The van der Waals surface area contributed by atoms with Crippen LogP contribution >= 0.6 is 0 Å². The zero-order valence-electron chi connectivity index (χ0n) is 17.5. The third kappa shape index (κ3) is 9.53. The van der Waals surface area contributed by atoms with Crippen molar-refractivity contribution in [3.05, 3.63) is 35.9 Å². The lowest BCUT2D eigenvalue weighted by Gasteiger charge is -2.24. The van der Waals surface area contributed by atoms with Gasteiger partial charge in [0, 0.05) is 5.92 Å². The van der Waals surface area contributed by atoms with E-state index in [9.17, 15) is 19.5 Å². The predicted octanol–water partition coefficient (Wildman–Crippen LogP) is 3.58. The zero-order valence-corrected chi connectivity index (χ0v) is 17.5. The zero-order chi connectivity index (χ0) is 21.3. The summed E-state index contributed by atoms with van der Waals surface area (Å²) in [6.07, 6.45) is 1.30. The summed E-state index contributed by atoms with van der Waals surface area (Å²) < 4.78 is 5.35. The maximum absolute atomic E-state index is 12.8. The minimum atomic E-state index is -1.07. The molecule has 2 atom stereocenters. The number of hydrogen-bond donors (Lipinski definition) is 2. The molecule has 0 saturated heterocycles. The average Bonchev–Trinajstić information content (AvgIpc) is 2.56. The number of aryl methyl sites for hydroxylation is 1. The second-order valence-electron chi connectivity index (χ2n) is 8.54. The second-order valence-corrected chi connectivity index (χ2v) is 8.54. The number of carboxylic acids is 1. The summed E-state index contributed by atoms with van der Waals surface area (Å²) in [6.45, 7) is 9.11. The lowest BCUT2D eigenvalue weighted by Crippen LogP contribution is -2.45. The summed E-state index contributed by atoms with van der Waals surface area (Å²) >= 11 is 0. The molecule has 28 heavy (non-hydrogen) atoms. The maximum Gasteiger partial charge on any atom is 0.326 e. The van der Waals surface area contributed by atoms with E-state index >= 15 is 0 Å². The first kappa shape index (κ1) is 23.7. The van der Waals surface area contributed by atoms with Crippen molar-refractivity contribution in [1.29, 1.82) is 0 Å². The smallest absolute Gasteiger partial charge is 0.326 e. The first-order chi connectivity index (χ1) is 13.0. The quantitative estimate of drug-likeness (QED) is 0.595. The van der Waals surface area contributed by atoms with Gasteiger partial charge >= 0.3 is 11.9 Å². The van der Waals surface area contributed by atoms with Crippen LogP contribution in [-0.4, -0.2) is 34.6 Å². The number of nitrogens with one attached hydrogen (secondary N) is 1. The molecule has 0 fully saturated rings. The third-order valence-corrected chi connectivity index (χ3v) is 4.15. The summed E-state index contributed by atoms with van der Waals surface area (Å²) in [7, 11) is 0. The van der Waals surface area contributed by atoms with Crippen molar-refractivity contribution >= 4 is 17.8 Å². The third-order valence-electron chi connectivity index (χ3n) is 4.15. The number of aliphatic carboxylic acids is 1. The standard InChI is InChI=1S/C22H33NO5/c1-15(2)13-18(21(26)27)23-20(25)17(14-19(24)28-22(3,4)5)12-11-16-9-7-6-8-10-16/h6-10,15,17-18H,11-14H2,1-5H3,(H,23,25)(H,26,27)/t17?,18-/m0/s1. The Bertz CT molecular complexity index is 649. The van der Waals surface area contributed by atoms with Crippen LogP contribution in [0.4, 0.5) is 0 Å². The van der Waals surface area contributed by atoms with Gasteiger partial charge in [0.05, 0.1) is 6.42 Å². The van der Waals surface area contributed by atoms with Gasteiger partial charge in [-0.1, -0.05) is 44.2 Å². The number of carboxylic acid groups (broad SMARTS) is 1. The Morgan fingerprint density at radius 3 is 2.21 bits per heavy atom. The van der Waals surface area contributed by atoms with E-state index in [4.69, 9.17) is 4.74 Å². The van der Waals surface area contributed by atoms with Crippen LogP contribution in [0.25, 0.3) is 0 Å². The molecule has 1 rings (SSSR count). The van der Waals surface area contributed by atoms with E-state index in [-0.39, 0.29) is 12.3 Å². The van der Waals surface area contributed by atoms with E-state index in [1.807, 2.05) is 44.2 Å². The molecule has 0 aliphatic rings. The van der Waals surface area contributed by atoms with Gasteiger partial charge in [0.15, 0.2) is 0 Å². The van der Waals surface area contributed by atoms with Crippen molar-refractivity contribution in [3.8, 4) is 0 Å². The highest BCUT2D eigenvalue weighted by Crippen LogP contribution is 2.18. The Morgan fingerprint density at radius 1 is 1.11 bits per heavy atom. The average molecular weight is 392 g/mol. The molecule has 1 amide bonds. The summed E-state index contributed by atoms with van der Waals surface area (Å²) in [4.78, 5) is 36.5. The molecular formula is C22H33NO5. The van der Waals surface area contributed by atoms with Crippen molar-refractivity contribution in [3.63, 3.8) is 0 Å². The van der Waals surface area contributed by atoms with Crippen LogP contribution in [-0.2, 0) is 25.5 Å². The molecule has 0 aliphatic carbocycles. The normalized spacial score (nSPS) is 13.6. The van der Waals surface area contributed by atoms with Gasteiger partial charge in [0.2, 0.25) is 5.91 Å². The molecule has 6 heteroatoms. The molecule has 0 heterocycles. The van der Waals surface area contributed by atoms with E-state index in [0.29, 0.717) is 19.3 Å². The molecule has 0 aliphatic heterocycles. The maximum atomic E-state index is 12.8. The van der Waals surface area contributed by atoms with Gasteiger partial charge in [-0.25, -0.2) is 4.79 Å². The fraction of sp³-hybridized carbons (Fsp3) is 0.591. The van der Waals surface area contributed by atoms with E-state index in [1.54, 1.807) is 20.8 Å². The summed E-state index contributed by atoms with van der Waals surface area (Å²) in [6, 6.07) is 8.70. The van der Waals surface area contributed by atoms with Crippen LogP contribution in [0.3, 0.4) is 0 Å². The predicted molar refractivity (Wildman–Crippen MR) is 108 cm³/mol. The molecule has 2 N–H and O–H groups in total. The lowest BCUT2D eigenvalue weighted by atomic mass is 9.94. The highest BCUT2D eigenvalue weighted by Gasteiger charge is 2.29. The van der Waals surface area contributed by atoms with Crippen LogP contribution < -0.4 is 5.32 Å².